The third kappa shape index (κ3) is 4.13. The second-order valence-corrected chi connectivity index (χ2v) is 5.63. The number of anilines is 1. The molecule has 0 spiro atoms. The molecule has 4 nitrogen and oxygen atoms in total. The predicted octanol–water partition coefficient (Wildman–Crippen LogP) is 2.81. The average molecular weight is 327 g/mol. The quantitative estimate of drug-likeness (QED) is 0.869. The number of ether oxygens (including phenoxy) is 1. The number of carbonyl (C=O) groups is 1. The Morgan fingerprint density at radius 2 is 1.95 bits per heavy atom. The van der Waals surface area contributed by atoms with Crippen LogP contribution in [-0.4, -0.2) is 30.5 Å². The van der Waals surface area contributed by atoms with E-state index in [-0.39, 0.29) is 12.5 Å². The Hall–Kier alpha value is -1.23. The van der Waals surface area contributed by atoms with E-state index < -0.39 is 0 Å². The van der Waals surface area contributed by atoms with Crippen molar-refractivity contribution in [3.05, 3.63) is 22.7 Å². The molecule has 1 aromatic rings. The zero-order valence-electron chi connectivity index (χ0n) is 10.9. The summed E-state index contributed by atoms with van der Waals surface area (Å²) >= 11 is 3.38. The molecule has 1 amide bonds. The SMILES string of the molecule is Nc1ccc(Br)c(OCC(=O)N2CCCCCC2)c1. The van der Waals surface area contributed by atoms with Gasteiger partial charge < -0.3 is 15.4 Å². The number of likely N-dealkylation sites (tertiary alicyclic amines) is 1. The fraction of sp³-hybridized carbons (Fsp3) is 0.500. The Morgan fingerprint density at radius 1 is 1.26 bits per heavy atom. The van der Waals surface area contributed by atoms with Crippen molar-refractivity contribution in [1.82, 2.24) is 4.90 Å². The van der Waals surface area contributed by atoms with Crippen molar-refractivity contribution in [2.24, 2.45) is 0 Å². The Balaban J connectivity index is 1.90. The third-order valence-corrected chi connectivity index (χ3v) is 3.92. The summed E-state index contributed by atoms with van der Waals surface area (Å²) in [5.41, 5.74) is 6.33. The van der Waals surface area contributed by atoms with Gasteiger partial charge in [0.05, 0.1) is 4.47 Å². The lowest BCUT2D eigenvalue weighted by Crippen LogP contribution is -2.35. The third-order valence-electron chi connectivity index (χ3n) is 3.27. The number of nitrogens with two attached hydrogens (primary N) is 1. The Kier molecular flexibility index (Phi) is 5.07. The maximum atomic E-state index is 12.1. The largest absolute Gasteiger partial charge is 0.483 e. The van der Waals surface area contributed by atoms with Gasteiger partial charge in [-0.3, -0.25) is 4.79 Å². The Labute approximate surface area is 122 Å². The normalized spacial score (nSPS) is 15.9. The zero-order valence-corrected chi connectivity index (χ0v) is 12.5. The van der Waals surface area contributed by atoms with Crippen molar-refractivity contribution in [2.45, 2.75) is 25.7 Å². The van der Waals surface area contributed by atoms with Gasteiger partial charge in [-0.05, 0) is 40.9 Å². The Morgan fingerprint density at radius 3 is 2.63 bits per heavy atom. The minimum Gasteiger partial charge on any atom is -0.483 e. The number of amides is 1. The summed E-state index contributed by atoms with van der Waals surface area (Å²) in [6.45, 7) is 1.77. The molecule has 1 aliphatic heterocycles. The molecule has 0 bridgehead atoms. The second kappa shape index (κ2) is 6.80. The molecule has 2 N–H and O–H groups in total. The molecule has 0 saturated carbocycles. The highest BCUT2D eigenvalue weighted by molar-refractivity contribution is 9.10. The van der Waals surface area contributed by atoms with Gasteiger partial charge >= 0.3 is 0 Å². The van der Waals surface area contributed by atoms with Gasteiger partial charge in [-0.2, -0.15) is 0 Å². The van der Waals surface area contributed by atoms with Gasteiger partial charge in [0.2, 0.25) is 0 Å². The van der Waals surface area contributed by atoms with Crippen LogP contribution in [0.15, 0.2) is 22.7 Å². The first-order valence-electron chi connectivity index (χ1n) is 6.62. The molecule has 0 radical (unpaired) electrons. The summed E-state index contributed by atoms with van der Waals surface area (Å²) in [6, 6.07) is 5.33. The molecular formula is C14H19BrN2O2. The van der Waals surface area contributed by atoms with E-state index in [2.05, 4.69) is 15.9 Å². The molecule has 5 heteroatoms. The van der Waals surface area contributed by atoms with Gasteiger partial charge in [0.25, 0.3) is 5.91 Å². The van der Waals surface area contributed by atoms with Gasteiger partial charge in [0, 0.05) is 24.8 Å². The maximum absolute atomic E-state index is 12.1. The fourth-order valence-electron chi connectivity index (χ4n) is 2.18. The molecule has 2 rings (SSSR count). The van der Waals surface area contributed by atoms with Gasteiger partial charge in [-0.25, -0.2) is 0 Å². The van der Waals surface area contributed by atoms with E-state index in [9.17, 15) is 4.79 Å². The van der Waals surface area contributed by atoms with Crippen molar-refractivity contribution < 1.29 is 9.53 Å². The van der Waals surface area contributed by atoms with E-state index in [1.807, 2.05) is 11.0 Å². The first-order chi connectivity index (χ1) is 9.16. The molecule has 104 valence electrons. The number of hydrogen-bond acceptors (Lipinski definition) is 3. The summed E-state index contributed by atoms with van der Waals surface area (Å²) in [6.07, 6.45) is 4.61. The number of hydrogen-bond donors (Lipinski definition) is 1. The highest BCUT2D eigenvalue weighted by atomic mass is 79.9. The van der Waals surface area contributed by atoms with Crippen molar-refractivity contribution in [3.8, 4) is 5.75 Å². The summed E-state index contributed by atoms with van der Waals surface area (Å²) in [4.78, 5) is 14.0. The molecule has 0 unspecified atom stereocenters. The van der Waals surface area contributed by atoms with Crippen LogP contribution in [0.2, 0.25) is 0 Å². The molecule has 19 heavy (non-hydrogen) atoms. The molecule has 0 atom stereocenters. The lowest BCUT2D eigenvalue weighted by Gasteiger charge is -2.20. The van der Waals surface area contributed by atoms with E-state index in [0.717, 1.165) is 30.4 Å². The molecule has 1 aliphatic rings. The standard InChI is InChI=1S/C14H19BrN2O2/c15-12-6-5-11(16)9-13(12)19-10-14(18)17-7-3-1-2-4-8-17/h5-6,9H,1-4,7-8,10,16H2. The number of rotatable bonds is 3. The molecule has 0 aromatic heterocycles. The lowest BCUT2D eigenvalue weighted by molar-refractivity contribution is -0.133. The molecule has 1 aromatic carbocycles. The van der Waals surface area contributed by atoms with E-state index in [0.29, 0.717) is 11.4 Å². The van der Waals surface area contributed by atoms with Crippen LogP contribution >= 0.6 is 15.9 Å². The predicted molar refractivity (Wildman–Crippen MR) is 79.1 cm³/mol. The van der Waals surface area contributed by atoms with Crippen molar-refractivity contribution in [3.63, 3.8) is 0 Å². The zero-order chi connectivity index (χ0) is 13.7. The summed E-state index contributed by atoms with van der Waals surface area (Å²) < 4.78 is 6.37. The minimum atomic E-state index is 0.0521. The van der Waals surface area contributed by atoms with E-state index in [4.69, 9.17) is 10.5 Å². The number of halogens is 1. The molecule has 1 heterocycles. The van der Waals surface area contributed by atoms with Gasteiger partial charge in [0.15, 0.2) is 6.61 Å². The van der Waals surface area contributed by atoms with Gasteiger partial charge in [-0.15, -0.1) is 0 Å². The van der Waals surface area contributed by atoms with Crippen LogP contribution in [0.1, 0.15) is 25.7 Å². The number of nitrogen functional groups attached to an aromatic ring is 1. The summed E-state index contributed by atoms with van der Waals surface area (Å²) in [5, 5.41) is 0. The van der Waals surface area contributed by atoms with Crippen molar-refractivity contribution in [1.29, 1.82) is 0 Å². The summed E-state index contributed by atoms with van der Waals surface area (Å²) in [7, 11) is 0. The van der Waals surface area contributed by atoms with E-state index in [1.54, 1.807) is 12.1 Å². The first kappa shape index (κ1) is 14.2. The van der Waals surface area contributed by atoms with Crippen LogP contribution < -0.4 is 10.5 Å². The van der Waals surface area contributed by atoms with E-state index in [1.165, 1.54) is 12.8 Å². The molecule has 1 fully saturated rings. The molecular weight excluding hydrogens is 308 g/mol. The molecule has 0 aliphatic carbocycles. The number of carbonyl (C=O) groups excluding carboxylic acids is 1. The number of nitrogens with zero attached hydrogens (tertiary/aromatic N) is 1. The summed E-state index contributed by atoms with van der Waals surface area (Å²) in [5.74, 6) is 0.666. The molecule has 1 saturated heterocycles. The van der Waals surface area contributed by atoms with Gasteiger partial charge in [0.1, 0.15) is 5.75 Å². The minimum absolute atomic E-state index is 0.0521. The van der Waals surface area contributed by atoms with E-state index >= 15 is 0 Å². The number of benzene rings is 1. The van der Waals surface area contributed by atoms with Crippen LogP contribution in [0.4, 0.5) is 5.69 Å². The van der Waals surface area contributed by atoms with Crippen LogP contribution in [0.3, 0.4) is 0 Å². The van der Waals surface area contributed by atoms with Crippen LogP contribution in [0.5, 0.6) is 5.75 Å². The maximum Gasteiger partial charge on any atom is 0.260 e. The second-order valence-electron chi connectivity index (χ2n) is 4.77. The van der Waals surface area contributed by atoms with Crippen molar-refractivity contribution in [2.75, 3.05) is 25.4 Å². The highest BCUT2D eigenvalue weighted by Gasteiger charge is 2.16. The topological polar surface area (TPSA) is 55.6 Å². The lowest BCUT2D eigenvalue weighted by atomic mass is 10.2. The Bertz CT molecular complexity index is 443. The van der Waals surface area contributed by atoms with Crippen LogP contribution in [0, 0.1) is 0 Å². The average Bonchev–Trinajstić information content (AvgIpc) is 2.68. The van der Waals surface area contributed by atoms with Gasteiger partial charge in [-0.1, -0.05) is 12.8 Å². The van der Waals surface area contributed by atoms with Crippen molar-refractivity contribution >= 4 is 27.5 Å². The monoisotopic (exact) mass is 326 g/mol. The first-order valence-corrected chi connectivity index (χ1v) is 7.42. The van der Waals surface area contributed by atoms with Crippen LogP contribution in [-0.2, 0) is 4.79 Å². The fourth-order valence-corrected chi connectivity index (χ4v) is 2.54. The highest BCUT2D eigenvalue weighted by Crippen LogP contribution is 2.27. The van der Waals surface area contributed by atoms with Crippen LogP contribution in [0.25, 0.3) is 0 Å². The smallest absolute Gasteiger partial charge is 0.260 e.